The van der Waals surface area contributed by atoms with Crippen LogP contribution in [-0.4, -0.2) is 19.6 Å². The van der Waals surface area contributed by atoms with Gasteiger partial charge in [0.05, 0.1) is 10.9 Å². The van der Waals surface area contributed by atoms with E-state index in [1.807, 2.05) is 37.3 Å². The van der Waals surface area contributed by atoms with Crippen LogP contribution in [-0.2, 0) is 14.6 Å². The molecule has 1 amide bonds. The van der Waals surface area contributed by atoms with Gasteiger partial charge in [0.1, 0.15) is 5.25 Å². The van der Waals surface area contributed by atoms with Crippen LogP contribution < -0.4 is 5.32 Å². The first-order chi connectivity index (χ1) is 10.4. The second kappa shape index (κ2) is 6.75. The Hall–Kier alpha value is -2.14. The highest BCUT2D eigenvalue weighted by Gasteiger charge is 2.30. The maximum atomic E-state index is 12.4. The van der Waals surface area contributed by atoms with Crippen molar-refractivity contribution in [3.63, 3.8) is 0 Å². The normalized spacial score (nSPS) is 14.1. The second-order valence-electron chi connectivity index (χ2n) is 5.14. The van der Waals surface area contributed by atoms with Crippen molar-refractivity contribution in [3.8, 4) is 0 Å². The molecule has 0 aromatic heterocycles. The van der Waals surface area contributed by atoms with Crippen LogP contribution in [0, 0.1) is 0 Å². The lowest BCUT2D eigenvalue weighted by Crippen LogP contribution is -2.39. The van der Waals surface area contributed by atoms with Crippen molar-refractivity contribution in [2.45, 2.75) is 30.0 Å². The van der Waals surface area contributed by atoms with E-state index in [-0.39, 0.29) is 10.9 Å². The van der Waals surface area contributed by atoms with E-state index < -0.39 is 21.0 Å². The summed E-state index contributed by atoms with van der Waals surface area (Å²) in [6.07, 6.45) is 0. The number of nitrogens with one attached hydrogen (secondary N) is 1. The maximum Gasteiger partial charge on any atom is 0.238 e. The van der Waals surface area contributed by atoms with Gasteiger partial charge in [0, 0.05) is 0 Å². The van der Waals surface area contributed by atoms with E-state index in [4.69, 9.17) is 0 Å². The minimum absolute atomic E-state index is 0.157. The number of carbonyl (C=O) groups excluding carboxylic acids is 1. The molecule has 0 fully saturated rings. The molecule has 4 nitrogen and oxygen atoms in total. The molecule has 0 aliphatic carbocycles. The zero-order valence-corrected chi connectivity index (χ0v) is 13.4. The lowest BCUT2D eigenvalue weighted by Gasteiger charge is -2.18. The van der Waals surface area contributed by atoms with Crippen molar-refractivity contribution in [1.29, 1.82) is 0 Å². The monoisotopic (exact) mass is 317 g/mol. The van der Waals surface area contributed by atoms with E-state index in [2.05, 4.69) is 5.32 Å². The van der Waals surface area contributed by atoms with Crippen molar-refractivity contribution >= 4 is 15.7 Å². The van der Waals surface area contributed by atoms with Gasteiger partial charge < -0.3 is 5.32 Å². The summed E-state index contributed by atoms with van der Waals surface area (Å²) >= 11 is 0. The fourth-order valence-corrected chi connectivity index (χ4v) is 3.41. The first-order valence-corrected chi connectivity index (χ1v) is 8.62. The third-order valence-electron chi connectivity index (χ3n) is 3.56. The molecule has 0 radical (unpaired) electrons. The van der Waals surface area contributed by atoms with Gasteiger partial charge in [-0.15, -0.1) is 0 Å². The third-order valence-corrected chi connectivity index (χ3v) is 5.64. The van der Waals surface area contributed by atoms with Gasteiger partial charge in [0.25, 0.3) is 0 Å². The highest BCUT2D eigenvalue weighted by molar-refractivity contribution is 7.92. The summed E-state index contributed by atoms with van der Waals surface area (Å²) in [4.78, 5) is 12.4. The Balaban J connectivity index is 2.13. The summed E-state index contributed by atoms with van der Waals surface area (Å²) in [5.74, 6) is -0.500. The number of amides is 1. The van der Waals surface area contributed by atoms with Crippen molar-refractivity contribution < 1.29 is 13.2 Å². The third kappa shape index (κ3) is 3.54. The van der Waals surface area contributed by atoms with Crippen LogP contribution >= 0.6 is 0 Å². The van der Waals surface area contributed by atoms with Crippen molar-refractivity contribution in [2.24, 2.45) is 0 Å². The molecular weight excluding hydrogens is 298 g/mol. The van der Waals surface area contributed by atoms with Crippen LogP contribution in [0.3, 0.4) is 0 Å². The van der Waals surface area contributed by atoms with Gasteiger partial charge in [-0.3, -0.25) is 4.79 Å². The predicted octanol–water partition coefficient (Wildman–Crippen LogP) is 2.73. The Morgan fingerprint density at radius 2 is 1.41 bits per heavy atom. The average Bonchev–Trinajstić information content (AvgIpc) is 2.55. The largest absolute Gasteiger partial charge is 0.348 e. The summed E-state index contributed by atoms with van der Waals surface area (Å²) < 4.78 is 24.9. The van der Waals surface area contributed by atoms with Gasteiger partial charge in [-0.1, -0.05) is 48.5 Å². The lowest BCUT2D eigenvalue weighted by atomic mass is 10.1. The summed E-state index contributed by atoms with van der Waals surface area (Å²) in [7, 11) is -3.68. The van der Waals surface area contributed by atoms with E-state index in [0.29, 0.717) is 0 Å². The molecule has 0 spiro atoms. The highest BCUT2D eigenvalue weighted by atomic mass is 32.2. The lowest BCUT2D eigenvalue weighted by molar-refractivity contribution is -0.121. The Morgan fingerprint density at radius 3 is 1.95 bits per heavy atom. The average molecular weight is 317 g/mol. The molecule has 1 N–H and O–H groups in total. The fourth-order valence-electron chi connectivity index (χ4n) is 2.11. The number of hydrogen-bond donors (Lipinski definition) is 1. The predicted molar refractivity (Wildman–Crippen MR) is 86.1 cm³/mol. The Bertz CT molecular complexity index is 727. The molecule has 0 saturated heterocycles. The van der Waals surface area contributed by atoms with Gasteiger partial charge in [0.2, 0.25) is 5.91 Å². The molecule has 116 valence electrons. The van der Waals surface area contributed by atoms with Crippen molar-refractivity contribution in [1.82, 2.24) is 5.32 Å². The first kappa shape index (κ1) is 16.2. The molecule has 2 rings (SSSR count). The van der Waals surface area contributed by atoms with E-state index in [1.54, 1.807) is 18.2 Å². The summed E-state index contributed by atoms with van der Waals surface area (Å²) in [5.41, 5.74) is 0.931. The van der Waals surface area contributed by atoms with Crippen LogP contribution in [0.5, 0.6) is 0 Å². The summed E-state index contributed by atoms with van der Waals surface area (Å²) in [5, 5.41) is 1.62. The molecule has 2 atom stereocenters. The van der Waals surface area contributed by atoms with E-state index in [0.717, 1.165) is 5.56 Å². The van der Waals surface area contributed by atoms with Crippen molar-refractivity contribution in [3.05, 3.63) is 66.2 Å². The Kier molecular flexibility index (Phi) is 4.98. The number of hydrogen-bond acceptors (Lipinski definition) is 3. The van der Waals surface area contributed by atoms with Gasteiger partial charge in [-0.25, -0.2) is 8.42 Å². The summed E-state index contributed by atoms with van der Waals surface area (Å²) in [6, 6.07) is 17.2. The number of sulfone groups is 1. The van der Waals surface area contributed by atoms with Gasteiger partial charge in [-0.05, 0) is 31.5 Å². The van der Waals surface area contributed by atoms with Gasteiger partial charge in [0.15, 0.2) is 9.84 Å². The molecule has 0 aliphatic rings. The Morgan fingerprint density at radius 1 is 0.909 bits per heavy atom. The fraction of sp³-hybridized carbons (Fsp3) is 0.235. The molecule has 0 heterocycles. The standard InChI is InChI=1S/C17H19NO3S/c1-13(15-9-5-3-6-10-15)18-17(19)14(2)22(20,21)16-11-7-4-8-12-16/h3-14H,1-2H3,(H,18,19). The zero-order chi connectivity index (χ0) is 16.2. The van der Waals surface area contributed by atoms with Crippen molar-refractivity contribution in [2.75, 3.05) is 0 Å². The van der Waals surface area contributed by atoms with Crippen LogP contribution in [0.4, 0.5) is 0 Å². The van der Waals surface area contributed by atoms with E-state index in [1.165, 1.54) is 19.1 Å². The molecule has 2 aromatic carbocycles. The maximum absolute atomic E-state index is 12.4. The second-order valence-corrected chi connectivity index (χ2v) is 7.41. The highest BCUT2D eigenvalue weighted by Crippen LogP contribution is 2.17. The molecule has 0 aliphatic heterocycles. The molecule has 0 saturated carbocycles. The Labute approximate surface area is 131 Å². The number of rotatable bonds is 5. The smallest absolute Gasteiger partial charge is 0.238 e. The minimum Gasteiger partial charge on any atom is -0.348 e. The number of carbonyl (C=O) groups is 1. The van der Waals surface area contributed by atoms with Crippen LogP contribution in [0.25, 0.3) is 0 Å². The minimum atomic E-state index is -3.68. The van der Waals surface area contributed by atoms with Gasteiger partial charge in [-0.2, -0.15) is 0 Å². The van der Waals surface area contributed by atoms with E-state index in [9.17, 15) is 13.2 Å². The first-order valence-electron chi connectivity index (χ1n) is 7.07. The quantitative estimate of drug-likeness (QED) is 0.922. The number of benzene rings is 2. The SMILES string of the molecule is CC(NC(=O)C(C)S(=O)(=O)c1ccccc1)c1ccccc1. The van der Waals surface area contributed by atoms with E-state index >= 15 is 0 Å². The van der Waals surface area contributed by atoms with Crippen LogP contribution in [0.1, 0.15) is 25.5 Å². The molecule has 2 unspecified atom stereocenters. The van der Waals surface area contributed by atoms with Gasteiger partial charge >= 0.3 is 0 Å². The molecule has 5 heteroatoms. The van der Waals surface area contributed by atoms with Crippen LogP contribution in [0.2, 0.25) is 0 Å². The summed E-state index contributed by atoms with van der Waals surface area (Å²) in [6.45, 7) is 3.24. The molecule has 2 aromatic rings. The molecule has 22 heavy (non-hydrogen) atoms. The zero-order valence-electron chi connectivity index (χ0n) is 12.6. The molecular formula is C17H19NO3S. The topological polar surface area (TPSA) is 63.2 Å². The molecule has 0 bridgehead atoms. The van der Waals surface area contributed by atoms with Crippen LogP contribution in [0.15, 0.2) is 65.6 Å².